The predicted octanol–water partition coefficient (Wildman–Crippen LogP) is 4.06. The molecule has 0 bridgehead atoms. The van der Waals surface area contributed by atoms with E-state index in [4.69, 9.17) is 4.74 Å². The van der Waals surface area contributed by atoms with Gasteiger partial charge in [-0.15, -0.1) is 0 Å². The molecule has 2 aromatic rings. The van der Waals surface area contributed by atoms with E-state index in [0.717, 1.165) is 31.6 Å². The Morgan fingerprint density at radius 1 is 1.14 bits per heavy atom. The van der Waals surface area contributed by atoms with Crippen LogP contribution in [0.1, 0.15) is 28.8 Å². The monoisotopic (exact) mass is 375 g/mol. The van der Waals surface area contributed by atoms with Gasteiger partial charge in [-0.1, -0.05) is 36.4 Å². The zero-order valence-corrected chi connectivity index (χ0v) is 16.1. The number of ketones is 1. The molecule has 4 nitrogen and oxygen atoms in total. The van der Waals surface area contributed by atoms with E-state index in [-0.39, 0.29) is 17.2 Å². The molecule has 2 unspecified atom stereocenters. The first kappa shape index (κ1) is 18.5. The highest BCUT2D eigenvalue weighted by atomic mass is 16.5. The van der Waals surface area contributed by atoms with Crippen LogP contribution < -0.4 is 4.90 Å². The van der Waals surface area contributed by atoms with Crippen LogP contribution in [0.3, 0.4) is 0 Å². The number of allylic oxidation sites excluding steroid dienone is 1. The second kappa shape index (κ2) is 7.63. The molecule has 0 amide bonds. The number of nitrogens with zero attached hydrogens (tertiary/aromatic N) is 1. The molecular weight excluding hydrogens is 350 g/mol. The summed E-state index contributed by atoms with van der Waals surface area (Å²) in [5.41, 5.74) is 2.91. The minimum Gasteiger partial charge on any atom is -0.465 e. The molecule has 1 fully saturated rings. The van der Waals surface area contributed by atoms with Crippen LogP contribution in [0.5, 0.6) is 0 Å². The number of ether oxygens (including phenoxy) is 1. The lowest BCUT2D eigenvalue weighted by Crippen LogP contribution is -2.51. The standard InChI is InChI=1S/C24H25NO3/c1-28-23(27)19-7-9-21(10-8-19)25-14-12-20-15-22(26)11-13-24(20,17-25)16-18-5-3-2-4-6-18/h2-11,13,20H,12,14-17H2,1H3. The van der Waals surface area contributed by atoms with Crippen LogP contribution in [0.4, 0.5) is 5.69 Å². The molecule has 1 aliphatic heterocycles. The number of methoxy groups -OCH3 is 1. The van der Waals surface area contributed by atoms with Gasteiger partial charge >= 0.3 is 5.97 Å². The third kappa shape index (κ3) is 3.59. The number of fused-ring (bicyclic) bond motifs is 1. The molecule has 1 saturated heterocycles. The first-order valence-corrected chi connectivity index (χ1v) is 9.79. The molecule has 0 radical (unpaired) electrons. The summed E-state index contributed by atoms with van der Waals surface area (Å²) < 4.78 is 4.79. The van der Waals surface area contributed by atoms with Crippen LogP contribution in [-0.2, 0) is 16.0 Å². The zero-order valence-electron chi connectivity index (χ0n) is 16.1. The van der Waals surface area contributed by atoms with Crippen LogP contribution >= 0.6 is 0 Å². The summed E-state index contributed by atoms with van der Waals surface area (Å²) in [6.45, 7) is 1.79. The van der Waals surface area contributed by atoms with Gasteiger partial charge in [0.05, 0.1) is 12.7 Å². The first-order chi connectivity index (χ1) is 13.6. The number of benzene rings is 2. The predicted molar refractivity (Wildman–Crippen MR) is 109 cm³/mol. The Hall–Kier alpha value is -2.88. The highest BCUT2D eigenvalue weighted by Gasteiger charge is 2.44. The molecule has 2 atom stereocenters. The number of carbonyl (C=O) groups excluding carboxylic acids is 2. The van der Waals surface area contributed by atoms with Crippen molar-refractivity contribution in [2.75, 3.05) is 25.1 Å². The molecule has 0 spiro atoms. The van der Waals surface area contributed by atoms with E-state index in [9.17, 15) is 9.59 Å². The van der Waals surface area contributed by atoms with E-state index in [1.54, 1.807) is 6.08 Å². The summed E-state index contributed by atoms with van der Waals surface area (Å²) in [4.78, 5) is 26.1. The molecule has 144 valence electrons. The second-order valence-electron chi connectivity index (χ2n) is 7.84. The average molecular weight is 375 g/mol. The van der Waals surface area contributed by atoms with Crippen LogP contribution in [0.25, 0.3) is 0 Å². The number of rotatable bonds is 4. The molecule has 1 heterocycles. The number of hydrogen-bond donors (Lipinski definition) is 0. The fourth-order valence-corrected chi connectivity index (χ4v) is 4.61. The highest BCUT2D eigenvalue weighted by Crippen LogP contribution is 2.45. The average Bonchev–Trinajstić information content (AvgIpc) is 2.74. The fraction of sp³-hybridized carbons (Fsp3) is 0.333. The third-order valence-electron chi connectivity index (χ3n) is 6.12. The van der Waals surface area contributed by atoms with Gasteiger partial charge in [0.2, 0.25) is 0 Å². The van der Waals surface area contributed by atoms with Crippen molar-refractivity contribution in [3.63, 3.8) is 0 Å². The van der Waals surface area contributed by atoms with Gasteiger partial charge in [-0.05, 0) is 54.7 Å². The summed E-state index contributed by atoms with van der Waals surface area (Å²) in [5, 5.41) is 0. The van der Waals surface area contributed by atoms with Crippen molar-refractivity contribution in [1.82, 2.24) is 0 Å². The van der Waals surface area contributed by atoms with Crippen molar-refractivity contribution < 1.29 is 14.3 Å². The lowest BCUT2D eigenvalue weighted by atomic mass is 9.63. The number of anilines is 1. The van der Waals surface area contributed by atoms with E-state index in [0.29, 0.717) is 17.9 Å². The van der Waals surface area contributed by atoms with Crippen LogP contribution in [0, 0.1) is 11.3 Å². The largest absolute Gasteiger partial charge is 0.465 e. The number of piperidine rings is 1. The smallest absolute Gasteiger partial charge is 0.337 e. The topological polar surface area (TPSA) is 46.6 Å². The van der Waals surface area contributed by atoms with Crippen molar-refractivity contribution in [3.05, 3.63) is 77.9 Å². The Labute approximate surface area is 165 Å². The summed E-state index contributed by atoms with van der Waals surface area (Å²) in [5.74, 6) is 0.292. The Morgan fingerprint density at radius 2 is 1.89 bits per heavy atom. The molecule has 2 aliphatic rings. The van der Waals surface area contributed by atoms with Crippen LogP contribution in [-0.4, -0.2) is 32.0 Å². The molecule has 1 aliphatic carbocycles. The molecule has 0 saturated carbocycles. The van der Waals surface area contributed by atoms with Crippen molar-refractivity contribution in [2.45, 2.75) is 19.3 Å². The Balaban J connectivity index is 1.61. The Kier molecular flexibility index (Phi) is 5.03. The highest BCUT2D eigenvalue weighted by molar-refractivity contribution is 5.91. The maximum absolute atomic E-state index is 12.0. The van der Waals surface area contributed by atoms with E-state index in [1.165, 1.54) is 12.7 Å². The van der Waals surface area contributed by atoms with Crippen molar-refractivity contribution in [1.29, 1.82) is 0 Å². The number of carbonyl (C=O) groups is 2. The number of esters is 1. The molecule has 4 rings (SSSR count). The van der Waals surface area contributed by atoms with Gasteiger partial charge in [-0.2, -0.15) is 0 Å². The SMILES string of the molecule is COC(=O)c1ccc(N2CCC3CC(=O)C=CC3(Cc3ccccc3)C2)cc1. The molecular formula is C24H25NO3. The van der Waals surface area contributed by atoms with Gasteiger partial charge in [0, 0.05) is 30.6 Å². The van der Waals surface area contributed by atoms with Crippen molar-refractivity contribution in [2.24, 2.45) is 11.3 Å². The van der Waals surface area contributed by atoms with Crippen LogP contribution in [0.15, 0.2) is 66.7 Å². The summed E-state index contributed by atoms with van der Waals surface area (Å²) >= 11 is 0. The van der Waals surface area contributed by atoms with Crippen LogP contribution in [0.2, 0.25) is 0 Å². The normalized spacial score (nSPS) is 24.0. The minimum atomic E-state index is -0.320. The third-order valence-corrected chi connectivity index (χ3v) is 6.12. The fourth-order valence-electron chi connectivity index (χ4n) is 4.61. The van der Waals surface area contributed by atoms with Gasteiger partial charge in [-0.25, -0.2) is 4.79 Å². The van der Waals surface area contributed by atoms with E-state index < -0.39 is 0 Å². The second-order valence-corrected chi connectivity index (χ2v) is 7.84. The maximum Gasteiger partial charge on any atom is 0.337 e. The molecule has 0 aromatic heterocycles. The van der Waals surface area contributed by atoms with E-state index >= 15 is 0 Å². The molecule has 28 heavy (non-hydrogen) atoms. The van der Waals surface area contributed by atoms with Gasteiger partial charge in [0.25, 0.3) is 0 Å². The van der Waals surface area contributed by atoms with Gasteiger partial charge in [-0.3, -0.25) is 4.79 Å². The van der Waals surface area contributed by atoms with Crippen molar-refractivity contribution >= 4 is 17.4 Å². The van der Waals surface area contributed by atoms with Gasteiger partial charge in [0.15, 0.2) is 5.78 Å². The number of hydrogen-bond acceptors (Lipinski definition) is 4. The maximum atomic E-state index is 12.0. The zero-order chi connectivity index (χ0) is 19.6. The first-order valence-electron chi connectivity index (χ1n) is 9.79. The van der Waals surface area contributed by atoms with Gasteiger partial charge < -0.3 is 9.64 Å². The summed E-state index contributed by atoms with van der Waals surface area (Å²) in [6.07, 6.45) is 6.49. The van der Waals surface area contributed by atoms with Crippen molar-refractivity contribution in [3.8, 4) is 0 Å². The summed E-state index contributed by atoms with van der Waals surface area (Å²) in [6, 6.07) is 18.1. The van der Waals surface area contributed by atoms with E-state index in [2.05, 4.69) is 35.2 Å². The van der Waals surface area contributed by atoms with E-state index in [1.807, 2.05) is 30.3 Å². The Morgan fingerprint density at radius 3 is 2.61 bits per heavy atom. The summed E-state index contributed by atoms with van der Waals surface area (Å²) in [7, 11) is 1.39. The molecule has 0 N–H and O–H groups in total. The lowest BCUT2D eigenvalue weighted by Gasteiger charge is -2.49. The Bertz CT molecular complexity index is 888. The lowest BCUT2D eigenvalue weighted by molar-refractivity contribution is -0.117. The quantitative estimate of drug-likeness (QED) is 0.756. The minimum absolute atomic E-state index is 0.0471. The molecule has 4 heteroatoms. The molecule has 2 aromatic carbocycles. The van der Waals surface area contributed by atoms with Gasteiger partial charge in [0.1, 0.15) is 0 Å².